The third-order valence-corrected chi connectivity index (χ3v) is 3.89. The average Bonchev–Trinajstić information content (AvgIpc) is 2.58. The van der Waals surface area contributed by atoms with Gasteiger partial charge in [0, 0.05) is 12.4 Å². The van der Waals surface area contributed by atoms with Gasteiger partial charge in [-0.15, -0.1) is 0 Å². The maximum atomic E-state index is 12.9. The van der Waals surface area contributed by atoms with Gasteiger partial charge in [0.25, 0.3) is 0 Å². The van der Waals surface area contributed by atoms with E-state index < -0.39 is 5.75 Å². The Morgan fingerprint density at radius 3 is 2.30 bits per heavy atom. The van der Waals surface area contributed by atoms with Crippen LogP contribution in [0.3, 0.4) is 0 Å². The predicted octanol–water partition coefficient (Wildman–Crippen LogP) is 2.27. The Morgan fingerprint density at radius 1 is 1.04 bits per heavy atom. The minimum absolute atomic E-state index is 0.0380. The van der Waals surface area contributed by atoms with E-state index in [1.54, 1.807) is 35.9 Å². The molecule has 0 saturated carbocycles. The largest absolute Gasteiger partial charge is 0.502 e. The topological polar surface area (TPSA) is 90.2 Å². The molecule has 23 heavy (non-hydrogen) atoms. The van der Waals surface area contributed by atoms with Crippen LogP contribution in [0.5, 0.6) is 23.0 Å². The zero-order chi connectivity index (χ0) is 16.7. The maximum Gasteiger partial charge on any atom is 0.235 e. The molecule has 0 atom stereocenters. The highest BCUT2D eigenvalue weighted by Crippen LogP contribution is 2.49. The molecule has 0 aliphatic heterocycles. The van der Waals surface area contributed by atoms with Gasteiger partial charge in [-0.3, -0.25) is 4.79 Å². The quantitative estimate of drug-likeness (QED) is 0.437. The van der Waals surface area contributed by atoms with Crippen LogP contribution in [0.2, 0.25) is 0 Å². The predicted molar refractivity (Wildman–Crippen MR) is 84.7 cm³/mol. The zero-order valence-corrected chi connectivity index (χ0v) is 12.8. The number of para-hydroxylation sites is 1. The molecule has 120 valence electrons. The fraction of sp³-hybridized carbons (Fsp3) is 0.188. The van der Waals surface area contributed by atoms with Crippen LogP contribution < -0.4 is 19.8 Å². The summed E-state index contributed by atoms with van der Waals surface area (Å²) in [6.07, 6.45) is 0. The number of aromatic nitrogens is 1. The summed E-state index contributed by atoms with van der Waals surface area (Å²) >= 11 is 0. The number of hydrogen-bond donors (Lipinski definition) is 2. The summed E-state index contributed by atoms with van der Waals surface area (Å²) in [7, 11) is 4.35. The number of benzene rings is 2. The first-order valence-electron chi connectivity index (χ1n) is 6.76. The van der Waals surface area contributed by atoms with Crippen LogP contribution in [0.15, 0.2) is 29.1 Å². The summed E-state index contributed by atoms with van der Waals surface area (Å²) in [6, 6.07) is 6.98. The lowest BCUT2D eigenvalue weighted by atomic mass is 10.1. The Balaban J connectivity index is 2.74. The second-order valence-electron chi connectivity index (χ2n) is 4.96. The number of ether oxygens (including phenoxy) is 2. The summed E-state index contributed by atoms with van der Waals surface area (Å²) in [4.78, 5) is 17.3. The Bertz CT molecular complexity index is 976. The molecule has 0 fully saturated rings. The number of pyridine rings is 1. The Kier molecular flexibility index (Phi) is 3.49. The van der Waals surface area contributed by atoms with Crippen molar-refractivity contribution >= 4 is 21.8 Å². The van der Waals surface area contributed by atoms with Crippen molar-refractivity contribution in [2.45, 2.75) is 0 Å². The van der Waals surface area contributed by atoms with E-state index in [1.807, 2.05) is 0 Å². The van der Waals surface area contributed by atoms with Gasteiger partial charge in [0.1, 0.15) is 5.52 Å². The SMILES string of the molecule is COc1c(O)c(OC)c2c(=O)c3ccccc3n(C)c2c1OO. The Hall–Kier alpha value is -2.93. The van der Waals surface area contributed by atoms with E-state index in [2.05, 4.69) is 4.89 Å². The van der Waals surface area contributed by atoms with Crippen LogP contribution in [0.1, 0.15) is 0 Å². The highest BCUT2D eigenvalue weighted by atomic mass is 17.1. The summed E-state index contributed by atoms with van der Waals surface area (Å²) in [6.45, 7) is 0. The first-order valence-corrected chi connectivity index (χ1v) is 6.76. The van der Waals surface area contributed by atoms with Gasteiger partial charge in [-0.2, -0.15) is 0 Å². The van der Waals surface area contributed by atoms with Crippen LogP contribution in [0.25, 0.3) is 21.8 Å². The van der Waals surface area contributed by atoms with Crippen molar-refractivity contribution in [3.05, 3.63) is 34.5 Å². The van der Waals surface area contributed by atoms with E-state index >= 15 is 0 Å². The molecule has 0 bridgehead atoms. The number of methoxy groups -OCH3 is 2. The molecule has 0 radical (unpaired) electrons. The minimum atomic E-state index is -0.418. The second kappa shape index (κ2) is 5.36. The summed E-state index contributed by atoms with van der Waals surface area (Å²) in [5, 5.41) is 20.1. The van der Waals surface area contributed by atoms with Gasteiger partial charge in [0.05, 0.1) is 25.1 Å². The number of phenolic OH excluding ortho intramolecular Hbond substituents is 1. The number of hydrogen-bond acceptors (Lipinski definition) is 6. The lowest BCUT2D eigenvalue weighted by Crippen LogP contribution is -2.12. The van der Waals surface area contributed by atoms with Crippen molar-refractivity contribution in [2.24, 2.45) is 7.05 Å². The van der Waals surface area contributed by atoms with Gasteiger partial charge < -0.3 is 24.0 Å². The zero-order valence-electron chi connectivity index (χ0n) is 12.8. The van der Waals surface area contributed by atoms with Gasteiger partial charge in [-0.05, 0) is 12.1 Å². The molecule has 1 aromatic heterocycles. The van der Waals surface area contributed by atoms with E-state index in [0.29, 0.717) is 10.9 Å². The number of aromatic hydroxyl groups is 1. The van der Waals surface area contributed by atoms with Crippen molar-refractivity contribution in [1.82, 2.24) is 4.57 Å². The minimum Gasteiger partial charge on any atom is -0.502 e. The molecule has 7 heteroatoms. The Labute approximate surface area is 130 Å². The van der Waals surface area contributed by atoms with Crippen molar-refractivity contribution in [1.29, 1.82) is 0 Å². The molecule has 1 heterocycles. The standard InChI is InChI=1S/C16H15NO6/c1-17-9-7-5-4-6-8(9)12(18)10-11(17)15(23-20)16(22-3)13(19)14(10)21-2/h4-7,19-20H,1-3H3. The molecule has 0 unspecified atom stereocenters. The number of fused-ring (bicyclic) bond motifs is 2. The number of rotatable bonds is 3. The van der Waals surface area contributed by atoms with Crippen LogP contribution in [-0.2, 0) is 7.05 Å². The Morgan fingerprint density at radius 2 is 1.70 bits per heavy atom. The molecule has 0 aliphatic rings. The fourth-order valence-corrected chi connectivity index (χ4v) is 2.87. The third-order valence-electron chi connectivity index (χ3n) is 3.89. The summed E-state index contributed by atoms with van der Waals surface area (Å²) < 4.78 is 12.0. The first kappa shape index (κ1) is 15.0. The van der Waals surface area contributed by atoms with E-state index in [1.165, 1.54) is 14.2 Å². The van der Waals surface area contributed by atoms with Crippen LogP contribution in [-0.4, -0.2) is 29.2 Å². The second-order valence-corrected chi connectivity index (χ2v) is 4.96. The molecule has 0 saturated heterocycles. The van der Waals surface area contributed by atoms with Crippen molar-refractivity contribution in [2.75, 3.05) is 14.2 Å². The average molecular weight is 317 g/mol. The molecular weight excluding hydrogens is 302 g/mol. The maximum absolute atomic E-state index is 12.9. The highest BCUT2D eigenvalue weighted by molar-refractivity contribution is 6.02. The van der Waals surface area contributed by atoms with Gasteiger partial charge in [0.2, 0.25) is 22.7 Å². The molecule has 0 amide bonds. The van der Waals surface area contributed by atoms with E-state index in [0.717, 1.165) is 0 Å². The lowest BCUT2D eigenvalue weighted by Gasteiger charge is -2.18. The van der Waals surface area contributed by atoms with Gasteiger partial charge in [0.15, 0.2) is 5.75 Å². The van der Waals surface area contributed by atoms with Crippen molar-refractivity contribution < 1.29 is 24.7 Å². The summed E-state index contributed by atoms with van der Waals surface area (Å²) in [5.74, 6) is -0.740. The number of nitrogens with zero attached hydrogens (tertiary/aromatic N) is 1. The van der Waals surface area contributed by atoms with Crippen molar-refractivity contribution in [3.63, 3.8) is 0 Å². The third kappa shape index (κ3) is 1.90. The number of phenols is 1. The van der Waals surface area contributed by atoms with E-state index in [4.69, 9.17) is 9.47 Å². The van der Waals surface area contributed by atoms with Crippen LogP contribution in [0.4, 0.5) is 0 Å². The smallest absolute Gasteiger partial charge is 0.235 e. The highest BCUT2D eigenvalue weighted by Gasteiger charge is 2.27. The fourth-order valence-electron chi connectivity index (χ4n) is 2.87. The number of aryl methyl sites for hydroxylation is 1. The molecule has 3 aromatic rings. The first-order chi connectivity index (χ1) is 11.1. The lowest BCUT2D eigenvalue weighted by molar-refractivity contribution is -0.137. The molecule has 2 aromatic carbocycles. The van der Waals surface area contributed by atoms with Crippen LogP contribution >= 0.6 is 0 Å². The van der Waals surface area contributed by atoms with E-state index in [9.17, 15) is 15.2 Å². The monoisotopic (exact) mass is 317 g/mol. The van der Waals surface area contributed by atoms with Gasteiger partial charge >= 0.3 is 0 Å². The molecule has 0 aliphatic carbocycles. The van der Waals surface area contributed by atoms with Crippen LogP contribution in [0, 0.1) is 0 Å². The summed E-state index contributed by atoms with van der Waals surface area (Å²) in [5.41, 5.74) is 0.544. The van der Waals surface area contributed by atoms with Gasteiger partial charge in [-0.1, -0.05) is 12.1 Å². The normalized spacial score (nSPS) is 11.0. The molecular formula is C16H15NO6. The molecule has 3 rings (SSSR count). The molecule has 7 nitrogen and oxygen atoms in total. The molecule has 2 N–H and O–H groups in total. The van der Waals surface area contributed by atoms with E-state index in [-0.39, 0.29) is 33.6 Å². The van der Waals surface area contributed by atoms with Gasteiger partial charge in [-0.25, -0.2) is 5.26 Å². The molecule has 0 spiro atoms. The van der Waals surface area contributed by atoms with Crippen molar-refractivity contribution in [3.8, 4) is 23.0 Å².